The Morgan fingerprint density at radius 1 is 0.169 bits per heavy atom. The van der Waals surface area contributed by atoms with E-state index in [1.807, 2.05) is 83.3 Å². The molecule has 0 N–H and O–H groups in total. The molecule has 6 heterocycles. The molecule has 22 rings (SSSR count). The lowest BCUT2D eigenvalue weighted by Crippen LogP contribution is -1.96. The highest BCUT2D eigenvalue weighted by atomic mass is 32.1. The minimum Gasteiger partial charge on any atom is -0.247 e. The molecule has 0 radical (unpaired) electrons. The number of rotatable bonds is 14. The number of benzene rings is 16. The Bertz CT molecular complexity index is 7390. The molecule has 0 atom stereocenters. The van der Waals surface area contributed by atoms with Gasteiger partial charge in [0.25, 0.3) is 0 Å². The van der Waals surface area contributed by atoms with Gasteiger partial charge in [0.05, 0.1) is 45.2 Å². The van der Waals surface area contributed by atoms with Crippen LogP contribution in [0.5, 0.6) is 0 Å². The van der Waals surface area contributed by atoms with Crippen molar-refractivity contribution in [3.05, 3.63) is 425 Å². The molecule has 0 amide bonds. The Labute approximate surface area is 691 Å². The molecular formula is C110H70N6S2. The van der Waals surface area contributed by atoms with Crippen molar-refractivity contribution in [2.75, 3.05) is 0 Å². The first-order chi connectivity index (χ1) is 58.5. The van der Waals surface area contributed by atoms with E-state index < -0.39 is 0 Å². The van der Waals surface area contributed by atoms with Crippen molar-refractivity contribution >= 4 is 86.2 Å². The van der Waals surface area contributed by atoms with E-state index in [2.05, 4.69) is 364 Å². The average molecular weight is 1540 g/mol. The van der Waals surface area contributed by atoms with E-state index >= 15 is 0 Å². The Balaban J connectivity index is 0.000000147. The van der Waals surface area contributed by atoms with E-state index in [9.17, 15) is 0 Å². The second-order valence-electron chi connectivity index (χ2n) is 29.5. The van der Waals surface area contributed by atoms with Crippen LogP contribution >= 0.6 is 22.7 Å². The number of thiophene rings is 2. The van der Waals surface area contributed by atoms with Crippen LogP contribution in [-0.2, 0) is 0 Å². The first-order valence-corrected chi connectivity index (χ1v) is 41.3. The Morgan fingerprint density at radius 2 is 0.466 bits per heavy atom. The van der Waals surface area contributed by atoms with Gasteiger partial charge in [0.15, 0.2) is 11.6 Å². The minimum absolute atomic E-state index is 0.704. The van der Waals surface area contributed by atoms with Gasteiger partial charge in [-0.1, -0.05) is 376 Å². The van der Waals surface area contributed by atoms with Gasteiger partial charge in [0.2, 0.25) is 0 Å². The van der Waals surface area contributed by atoms with E-state index in [1.165, 1.54) is 84.5 Å². The molecule has 118 heavy (non-hydrogen) atoms. The molecule has 0 aliphatic rings. The van der Waals surface area contributed by atoms with Crippen molar-refractivity contribution in [3.63, 3.8) is 0 Å². The maximum atomic E-state index is 5.39. The Hall–Kier alpha value is -15.1. The van der Waals surface area contributed by atoms with Gasteiger partial charge in [0, 0.05) is 96.3 Å². The molecule has 0 saturated heterocycles. The first kappa shape index (κ1) is 70.8. The molecule has 0 aliphatic heterocycles. The number of para-hydroxylation sites is 2. The van der Waals surface area contributed by atoms with Crippen LogP contribution in [0.15, 0.2) is 425 Å². The van der Waals surface area contributed by atoms with Crippen LogP contribution in [0.3, 0.4) is 0 Å². The van der Waals surface area contributed by atoms with Gasteiger partial charge in [0.1, 0.15) is 0 Å². The van der Waals surface area contributed by atoms with Crippen LogP contribution in [0, 0.1) is 0 Å². The molecule has 552 valence electrons. The number of fused-ring (bicyclic) bond motifs is 8. The first-order valence-electron chi connectivity index (χ1n) is 39.7. The number of pyridine rings is 2. The van der Waals surface area contributed by atoms with Crippen LogP contribution < -0.4 is 0 Å². The van der Waals surface area contributed by atoms with Crippen LogP contribution in [0.25, 0.3) is 219 Å². The van der Waals surface area contributed by atoms with Crippen LogP contribution in [0.1, 0.15) is 0 Å². The van der Waals surface area contributed by atoms with Crippen LogP contribution in [0.4, 0.5) is 0 Å². The predicted octanol–water partition coefficient (Wildman–Crippen LogP) is 30.1. The summed E-state index contributed by atoms with van der Waals surface area (Å²) in [6.07, 6.45) is 0. The standard InChI is InChI=1S/2C55H35N3S/c1-4-17-37(18-5-1)48-35-49(58-55(57-48)39-21-8-3-9-22-39)43-26-14-24-41(32-43)42-25-15-27-44(33-42)50-51-52(38-19-6-2-7-20-38)56-47-29-13-12-28-46(47)54(51)59-53(50)45-31-30-36-16-10-11-23-40(36)34-45;1-4-15-39(16-5-1)48-35-49(58-55(57-48)43-19-8-3-9-20-43)40-29-24-37(25-30-40)38-26-31-41(32-27-38)50-51-52(42-17-6-2-7-18-42)56-47-23-13-12-22-46(47)54(51)59-53(50)45-33-28-36-14-10-11-21-44(36)34-45/h2*1-35H. The van der Waals surface area contributed by atoms with Gasteiger partial charge in [-0.2, -0.15) is 0 Å². The largest absolute Gasteiger partial charge is 0.247 e. The molecule has 16 aromatic carbocycles. The zero-order chi connectivity index (χ0) is 78.2. The lowest BCUT2D eigenvalue weighted by Gasteiger charge is -2.13. The highest BCUT2D eigenvalue weighted by Gasteiger charge is 2.26. The quantitative estimate of drug-likeness (QED) is 0.108. The summed E-state index contributed by atoms with van der Waals surface area (Å²) in [5.74, 6) is 1.42. The third kappa shape index (κ3) is 13.7. The zero-order valence-electron chi connectivity index (χ0n) is 63.9. The second kappa shape index (κ2) is 31.0. The molecule has 6 aromatic heterocycles. The van der Waals surface area contributed by atoms with Crippen molar-refractivity contribution in [3.8, 4) is 156 Å². The molecule has 0 saturated carbocycles. The smallest absolute Gasteiger partial charge is 0.160 e. The Kier molecular flexibility index (Phi) is 18.6. The van der Waals surface area contributed by atoms with Gasteiger partial charge in [-0.15, -0.1) is 22.7 Å². The summed E-state index contributed by atoms with van der Waals surface area (Å²) in [6, 6.07) is 150. The lowest BCUT2D eigenvalue weighted by molar-refractivity contribution is 1.18. The number of aromatic nitrogens is 6. The predicted molar refractivity (Wildman–Crippen MR) is 497 cm³/mol. The van der Waals surface area contributed by atoms with Gasteiger partial charge < -0.3 is 0 Å². The molecule has 22 aromatic rings. The molecule has 6 nitrogen and oxygen atoms in total. The summed E-state index contributed by atoms with van der Waals surface area (Å²) in [5.41, 5.74) is 27.6. The van der Waals surface area contributed by atoms with Crippen molar-refractivity contribution in [2.24, 2.45) is 0 Å². The minimum atomic E-state index is 0.704. The number of hydrogen-bond acceptors (Lipinski definition) is 8. The van der Waals surface area contributed by atoms with Crippen LogP contribution in [0.2, 0.25) is 0 Å². The average Bonchev–Trinajstić information content (AvgIpc) is 1.57. The second-order valence-corrected chi connectivity index (χ2v) is 31.6. The number of nitrogens with zero attached hydrogens (tertiary/aromatic N) is 6. The van der Waals surface area contributed by atoms with Crippen LogP contribution in [-0.4, -0.2) is 29.9 Å². The summed E-state index contributed by atoms with van der Waals surface area (Å²) in [4.78, 5) is 33.4. The molecule has 0 aliphatic carbocycles. The normalized spacial score (nSPS) is 11.4. The molecule has 0 spiro atoms. The van der Waals surface area contributed by atoms with Gasteiger partial charge >= 0.3 is 0 Å². The summed E-state index contributed by atoms with van der Waals surface area (Å²) >= 11 is 3.73. The third-order valence-corrected chi connectivity index (χ3v) is 24.7. The monoisotopic (exact) mass is 1540 g/mol. The van der Waals surface area contributed by atoms with E-state index in [0.717, 1.165) is 123 Å². The summed E-state index contributed by atoms with van der Waals surface area (Å²) in [5, 5.41) is 9.62. The zero-order valence-corrected chi connectivity index (χ0v) is 65.5. The highest BCUT2D eigenvalue weighted by Crippen LogP contribution is 2.53. The van der Waals surface area contributed by atoms with Crippen molar-refractivity contribution in [2.45, 2.75) is 0 Å². The summed E-state index contributed by atoms with van der Waals surface area (Å²) < 4.78 is 2.50. The van der Waals surface area contributed by atoms with Crippen molar-refractivity contribution in [1.29, 1.82) is 0 Å². The van der Waals surface area contributed by atoms with E-state index in [4.69, 9.17) is 29.9 Å². The third-order valence-electron chi connectivity index (χ3n) is 22.2. The van der Waals surface area contributed by atoms with Gasteiger partial charge in [-0.05, 0) is 115 Å². The fourth-order valence-corrected chi connectivity index (χ4v) is 19.0. The van der Waals surface area contributed by atoms with E-state index in [0.29, 0.717) is 11.6 Å². The summed E-state index contributed by atoms with van der Waals surface area (Å²) in [6.45, 7) is 0. The fraction of sp³-hybridized carbons (Fsp3) is 0. The number of hydrogen-bond donors (Lipinski definition) is 0. The van der Waals surface area contributed by atoms with Gasteiger partial charge in [-0.25, -0.2) is 29.9 Å². The maximum Gasteiger partial charge on any atom is 0.160 e. The molecular weight excluding hydrogens is 1470 g/mol. The van der Waals surface area contributed by atoms with E-state index in [-0.39, 0.29) is 0 Å². The topological polar surface area (TPSA) is 77.3 Å². The van der Waals surface area contributed by atoms with E-state index in [1.54, 1.807) is 0 Å². The van der Waals surface area contributed by atoms with Crippen molar-refractivity contribution < 1.29 is 0 Å². The molecule has 0 bridgehead atoms. The lowest BCUT2D eigenvalue weighted by atomic mass is 9.92. The fourth-order valence-electron chi connectivity index (χ4n) is 16.3. The Morgan fingerprint density at radius 3 is 0.898 bits per heavy atom. The highest BCUT2D eigenvalue weighted by molar-refractivity contribution is 7.24. The molecule has 0 unspecified atom stereocenters. The summed E-state index contributed by atoms with van der Waals surface area (Å²) in [7, 11) is 0. The molecule has 0 fully saturated rings. The SMILES string of the molecule is c1ccc(-c2cc(-c3ccc(-c4ccc(-c5c(-c6ccc7ccccc7c6)sc6c5c(-c5ccccc5)nc5ccccc56)cc4)cc3)nc(-c3ccccc3)n2)cc1.c1ccc(-c2cc(-c3cccc(-c4cccc(-c5c(-c6ccc7ccccc7c6)sc6c5c(-c5ccccc5)nc5ccccc56)c4)c3)nc(-c3ccccc3)n2)cc1. The van der Waals surface area contributed by atoms with Crippen molar-refractivity contribution in [1.82, 2.24) is 29.9 Å². The molecule has 8 heteroatoms. The maximum absolute atomic E-state index is 5.39. The van der Waals surface area contributed by atoms with Gasteiger partial charge in [-0.3, -0.25) is 0 Å².